The van der Waals surface area contributed by atoms with Crippen molar-refractivity contribution >= 4 is 11.8 Å². The molecular weight excluding hydrogens is 299 g/mol. The van der Waals surface area contributed by atoms with Gasteiger partial charge in [-0.25, -0.2) is 11.4 Å². The van der Waals surface area contributed by atoms with Gasteiger partial charge in [-0.15, -0.1) is 0 Å². The number of rotatable bonds is 5. The summed E-state index contributed by atoms with van der Waals surface area (Å²) in [6.07, 6.45) is -4.94. The number of benzene rings is 1. The minimum atomic E-state index is -5.23. The van der Waals surface area contributed by atoms with E-state index in [0.717, 1.165) is 5.56 Å². The number of ketones is 1. The van der Waals surface area contributed by atoms with Crippen LogP contribution in [0.25, 0.3) is 4.85 Å². The fourth-order valence-corrected chi connectivity index (χ4v) is 1.37. The first-order chi connectivity index (χ1) is 10.4. The van der Waals surface area contributed by atoms with Gasteiger partial charge in [-0.2, -0.15) is 13.2 Å². The van der Waals surface area contributed by atoms with Crippen molar-refractivity contribution in [2.45, 2.75) is 32.5 Å². The Morgan fingerprint density at radius 3 is 2.23 bits per heavy atom. The molecule has 0 fully saturated rings. The number of alkyl halides is 3. The third-order valence-electron chi connectivity index (χ3n) is 2.36. The lowest BCUT2D eigenvalue weighted by molar-refractivity contribution is -0.175. The average molecular weight is 315 g/mol. The Morgan fingerprint density at radius 1 is 1.23 bits per heavy atom. The highest BCUT2D eigenvalue weighted by atomic mass is 19.4. The van der Waals surface area contributed by atoms with E-state index in [0.29, 0.717) is 0 Å². The average Bonchev–Trinajstić information content (AvgIpc) is 2.50. The highest BCUT2D eigenvalue weighted by Gasteiger charge is 2.51. The molecule has 0 spiro atoms. The molecule has 7 heteroatoms. The van der Waals surface area contributed by atoms with Crippen molar-refractivity contribution in [2.24, 2.45) is 0 Å². The summed E-state index contributed by atoms with van der Waals surface area (Å²) in [7, 11) is 0. The van der Waals surface area contributed by atoms with E-state index in [2.05, 4.69) is 9.58 Å². The van der Waals surface area contributed by atoms with Crippen LogP contribution in [0, 0.1) is 6.57 Å². The van der Waals surface area contributed by atoms with Crippen molar-refractivity contribution in [3.8, 4) is 0 Å². The zero-order valence-electron chi connectivity index (χ0n) is 12.2. The first-order valence-corrected chi connectivity index (χ1v) is 6.54. The Morgan fingerprint density at radius 2 is 1.77 bits per heavy atom. The van der Waals surface area contributed by atoms with Crippen LogP contribution in [0.1, 0.15) is 19.4 Å². The van der Waals surface area contributed by atoms with Gasteiger partial charge in [0.15, 0.2) is 0 Å². The van der Waals surface area contributed by atoms with Gasteiger partial charge in [0.25, 0.3) is 0 Å². The number of hydrogen-bond donors (Lipinski definition) is 0. The van der Waals surface area contributed by atoms with Gasteiger partial charge < -0.3 is 4.74 Å². The molecule has 1 atom stereocenters. The Bertz CT molecular complexity index is 521. The largest absolute Gasteiger partial charge is 0.459 e. The highest BCUT2D eigenvalue weighted by molar-refractivity contribution is 6.07. The lowest BCUT2D eigenvalue weighted by Crippen LogP contribution is -2.38. The summed E-state index contributed by atoms with van der Waals surface area (Å²) in [5.41, 5.74) is 0.821. The Hall–Kier alpha value is -2.36. The molecule has 1 aromatic rings. The molecule has 1 rings (SSSR count). The van der Waals surface area contributed by atoms with Crippen LogP contribution in [0.15, 0.2) is 30.3 Å². The van der Waals surface area contributed by atoms with Gasteiger partial charge in [-0.05, 0) is 5.56 Å². The summed E-state index contributed by atoms with van der Waals surface area (Å²) >= 11 is 0. The van der Waals surface area contributed by atoms with Crippen LogP contribution in [0.5, 0.6) is 0 Å². The molecule has 0 saturated heterocycles. The summed E-state index contributed by atoms with van der Waals surface area (Å²) in [4.78, 5) is 24.5. The van der Waals surface area contributed by atoms with E-state index in [9.17, 15) is 22.8 Å². The molecule has 0 aromatic heterocycles. The van der Waals surface area contributed by atoms with Crippen molar-refractivity contribution in [3.63, 3.8) is 0 Å². The number of Topliss-reactive ketones (excluding diaryl/α,β-unsaturated/α-hetero) is 1. The number of nitrogens with zero attached hydrogens (tertiary/aromatic N) is 1. The van der Waals surface area contributed by atoms with Crippen molar-refractivity contribution < 1.29 is 27.5 Å². The van der Waals surface area contributed by atoms with Crippen LogP contribution in [0.4, 0.5) is 13.2 Å². The van der Waals surface area contributed by atoms with Crippen molar-refractivity contribution in [1.29, 1.82) is 0 Å². The molecule has 0 amide bonds. The smallest absolute Gasteiger partial charge is 0.458 e. The van der Waals surface area contributed by atoms with E-state index in [1.807, 2.05) is 13.8 Å². The third-order valence-corrected chi connectivity index (χ3v) is 2.36. The molecule has 0 heterocycles. The van der Waals surface area contributed by atoms with E-state index < -0.39 is 24.0 Å². The third kappa shape index (κ3) is 6.39. The van der Waals surface area contributed by atoms with E-state index in [4.69, 9.17) is 6.57 Å². The monoisotopic (exact) mass is 315 g/mol. The minimum absolute atomic E-state index is 0.194. The quantitative estimate of drug-likeness (QED) is 0.476. The maximum atomic E-state index is 12.1. The molecule has 0 N–H and O–H groups in total. The standard InChI is InChI=1S/C13H10F3NO3.C2H6/c1-17-10(11(18)13(14,15)16)12(19)20-8-7-9-5-3-2-4-6-9;1-2/h2-6,10H,7-8H2;1-2H3. The molecule has 0 saturated carbocycles. The van der Waals surface area contributed by atoms with Crippen LogP contribution in [0.2, 0.25) is 0 Å². The predicted octanol–water partition coefficient (Wildman–Crippen LogP) is 3.22. The SMILES string of the molecule is CC.[C-]#[N+]C(C(=O)OCCc1ccccc1)C(=O)C(F)(F)F. The molecule has 22 heavy (non-hydrogen) atoms. The molecular formula is C15H16F3NO3. The highest BCUT2D eigenvalue weighted by Crippen LogP contribution is 2.20. The maximum absolute atomic E-state index is 12.1. The van der Waals surface area contributed by atoms with Gasteiger partial charge in [0.1, 0.15) is 0 Å². The van der Waals surface area contributed by atoms with Crippen LogP contribution < -0.4 is 0 Å². The zero-order chi connectivity index (χ0) is 17.2. The molecule has 0 radical (unpaired) electrons. The minimum Gasteiger partial charge on any atom is -0.459 e. The fourth-order valence-electron chi connectivity index (χ4n) is 1.37. The lowest BCUT2D eigenvalue weighted by atomic mass is 10.1. The molecule has 4 nitrogen and oxygen atoms in total. The van der Waals surface area contributed by atoms with Gasteiger partial charge in [0.05, 0.1) is 6.61 Å². The zero-order valence-corrected chi connectivity index (χ0v) is 12.2. The number of hydrogen-bond acceptors (Lipinski definition) is 3. The van der Waals surface area contributed by atoms with Crippen molar-refractivity contribution in [2.75, 3.05) is 6.61 Å². The molecule has 0 bridgehead atoms. The van der Waals surface area contributed by atoms with Crippen LogP contribution in [-0.4, -0.2) is 30.6 Å². The Balaban J connectivity index is 0.00000211. The number of halogens is 3. The summed E-state index contributed by atoms with van der Waals surface area (Å²) in [5.74, 6) is -3.88. The Labute approximate surface area is 126 Å². The van der Waals surface area contributed by atoms with Crippen molar-refractivity contribution in [1.82, 2.24) is 0 Å². The fraction of sp³-hybridized carbons (Fsp3) is 0.400. The van der Waals surface area contributed by atoms with Gasteiger partial charge in [-0.1, -0.05) is 44.2 Å². The summed E-state index contributed by atoms with van der Waals surface area (Å²) in [6, 6.07) is 6.32. The van der Waals surface area contributed by atoms with E-state index in [-0.39, 0.29) is 13.0 Å². The van der Waals surface area contributed by atoms with Crippen LogP contribution in [0.3, 0.4) is 0 Å². The summed E-state index contributed by atoms with van der Waals surface area (Å²) in [5, 5.41) is 0. The normalized spacial score (nSPS) is 11.5. The second-order valence-corrected chi connectivity index (χ2v) is 3.80. The second kappa shape index (κ2) is 9.55. The van der Waals surface area contributed by atoms with Crippen LogP contribution >= 0.6 is 0 Å². The van der Waals surface area contributed by atoms with Gasteiger partial charge >= 0.3 is 24.0 Å². The predicted molar refractivity (Wildman–Crippen MR) is 73.9 cm³/mol. The number of carbonyl (C=O) groups is 2. The lowest BCUT2D eigenvalue weighted by Gasteiger charge is -2.08. The van der Waals surface area contributed by atoms with Gasteiger partial charge in [-0.3, -0.25) is 9.64 Å². The number of carbonyl (C=O) groups excluding carboxylic acids is 2. The molecule has 1 aromatic carbocycles. The summed E-state index contributed by atoms with van der Waals surface area (Å²) < 4.78 is 40.9. The first-order valence-electron chi connectivity index (χ1n) is 6.54. The Kier molecular flexibility index (Phi) is 8.53. The molecule has 120 valence electrons. The van der Waals surface area contributed by atoms with Crippen LogP contribution in [-0.2, 0) is 20.7 Å². The van der Waals surface area contributed by atoms with E-state index >= 15 is 0 Å². The first kappa shape index (κ1) is 19.6. The van der Waals surface area contributed by atoms with Gasteiger partial charge in [0.2, 0.25) is 0 Å². The van der Waals surface area contributed by atoms with E-state index in [1.165, 1.54) is 0 Å². The second-order valence-electron chi connectivity index (χ2n) is 3.80. The summed E-state index contributed by atoms with van der Waals surface area (Å²) in [6.45, 7) is 10.3. The number of ether oxygens (including phenoxy) is 1. The molecule has 0 aliphatic heterocycles. The molecule has 0 aliphatic carbocycles. The van der Waals surface area contributed by atoms with Gasteiger partial charge in [0, 0.05) is 6.42 Å². The maximum Gasteiger partial charge on any atom is 0.458 e. The molecule has 1 unspecified atom stereocenters. The topological polar surface area (TPSA) is 47.7 Å². The van der Waals surface area contributed by atoms with E-state index in [1.54, 1.807) is 30.3 Å². The number of esters is 1. The van der Waals surface area contributed by atoms with Crippen molar-refractivity contribution in [3.05, 3.63) is 47.3 Å². The molecule has 0 aliphatic rings.